The zero-order valence-electron chi connectivity index (χ0n) is 16.9. The van der Waals surface area contributed by atoms with Crippen LogP contribution in [0.4, 0.5) is 13.2 Å². The van der Waals surface area contributed by atoms with Crippen LogP contribution in [0.1, 0.15) is 18.1 Å². The molecule has 0 heterocycles. The molecule has 9 heteroatoms. The molecule has 0 aliphatic heterocycles. The summed E-state index contributed by atoms with van der Waals surface area (Å²) in [6.07, 6.45) is -5.28. The molecule has 2 aromatic rings. The van der Waals surface area contributed by atoms with Gasteiger partial charge in [-0.15, -0.1) is 0 Å². The van der Waals surface area contributed by atoms with Crippen LogP contribution in [0.3, 0.4) is 0 Å². The third-order valence-electron chi connectivity index (χ3n) is 4.07. The molecule has 0 bridgehead atoms. The van der Waals surface area contributed by atoms with Gasteiger partial charge in [-0.25, -0.2) is 4.99 Å². The molecular formula is C21H26F3N3O3. The predicted octanol–water partition coefficient (Wildman–Crippen LogP) is 3.21. The van der Waals surface area contributed by atoms with E-state index in [-0.39, 0.29) is 18.9 Å². The van der Waals surface area contributed by atoms with Gasteiger partial charge in [0, 0.05) is 18.7 Å². The first kappa shape index (κ1) is 23.3. The molecule has 1 unspecified atom stereocenters. The monoisotopic (exact) mass is 425 g/mol. The highest BCUT2D eigenvalue weighted by atomic mass is 19.4. The summed E-state index contributed by atoms with van der Waals surface area (Å²) in [5.41, 5.74) is 0.169. The SMILES string of the molecule is CCNC(=NCc1ccccc1OC)NCC(O)COc1ccc(C(F)(F)F)cc1. The van der Waals surface area contributed by atoms with Crippen molar-refractivity contribution in [1.82, 2.24) is 10.6 Å². The summed E-state index contributed by atoms with van der Waals surface area (Å²) < 4.78 is 48.4. The molecule has 0 amide bonds. The minimum absolute atomic E-state index is 0.0791. The van der Waals surface area contributed by atoms with E-state index in [1.807, 2.05) is 31.2 Å². The number of benzene rings is 2. The number of hydrogen-bond donors (Lipinski definition) is 3. The lowest BCUT2D eigenvalue weighted by molar-refractivity contribution is -0.137. The predicted molar refractivity (Wildman–Crippen MR) is 109 cm³/mol. The lowest BCUT2D eigenvalue weighted by Crippen LogP contribution is -2.42. The van der Waals surface area contributed by atoms with Gasteiger partial charge in [0.15, 0.2) is 5.96 Å². The molecule has 2 aromatic carbocycles. The van der Waals surface area contributed by atoms with Gasteiger partial charge in [-0.1, -0.05) is 18.2 Å². The van der Waals surface area contributed by atoms with Crippen molar-refractivity contribution in [2.24, 2.45) is 4.99 Å². The summed E-state index contributed by atoms with van der Waals surface area (Å²) in [4.78, 5) is 4.47. The van der Waals surface area contributed by atoms with Gasteiger partial charge < -0.3 is 25.2 Å². The number of nitrogens with one attached hydrogen (secondary N) is 2. The van der Waals surface area contributed by atoms with Crippen LogP contribution in [0.15, 0.2) is 53.5 Å². The minimum atomic E-state index is -4.40. The Morgan fingerprint density at radius 1 is 1.10 bits per heavy atom. The van der Waals surface area contributed by atoms with Gasteiger partial charge in [-0.05, 0) is 37.3 Å². The largest absolute Gasteiger partial charge is 0.496 e. The first-order valence-corrected chi connectivity index (χ1v) is 9.45. The number of aliphatic imine (C=N–C) groups is 1. The highest BCUT2D eigenvalue weighted by Crippen LogP contribution is 2.30. The molecular weight excluding hydrogens is 399 g/mol. The first-order chi connectivity index (χ1) is 14.3. The lowest BCUT2D eigenvalue weighted by Gasteiger charge is -2.16. The topological polar surface area (TPSA) is 75.1 Å². The summed E-state index contributed by atoms with van der Waals surface area (Å²) >= 11 is 0. The molecule has 1 atom stereocenters. The van der Waals surface area contributed by atoms with Crippen molar-refractivity contribution in [3.05, 3.63) is 59.7 Å². The maximum Gasteiger partial charge on any atom is 0.416 e. The van der Waals surface area contributed by atoms with E-state index in [4.69, 9.17) is 9.47 Å². The van der Waals surface area contributed by atoms with Crippen LogP contribution in [0.2, 0.25) is 0 Å². The number of aliphatic hydroxyl groups excluding tert-OH is 1. The Kier molecular flexibility index (Phi) is 8.79. The third kappa shape index (κ3) is 7.47. The lowest BCUT2D eigenvalue weighted by atomic mass is 10.2. The van der Waals surface area contributed by atoms with E-state index in [1.165, 1.54) is 12.1 Å². The fraction of sp³-hybridized carbons (Fsp3) is 0.381. The third-order valence-corrected chi connectivity index (χ3v) is 4.07. The Morgan fingerprint density at radius 2 is 1.80 bits per heavy atom. The van der Waals surface area contributed by atoms with Crippen LogP contribution in [0.25, 0.3) is 0 Å². The second-order valence-electron chi connectivity index (χ2n) is 6.37. The number of rotatable bonds is 9. The first-order valence-electron chi connectivity index (χ1n) is 9.45. The number of methoxy groups -OCH3 is 1. The van der Waals surface area contributed by atoms with E-state index < -0.39 is 17.8 Å². The fourth-order valence-corrected chi connectivity index (χ4v) is 2.55. The molecule has 30 heavy (non-hydrogen) atoms. The van der Waals surface area contributed by atoms with Crippen LogP contribution in [-0.4, -0.2) is 44.0 Å². The van der Waals surface area contributed by atoms with Crippen LogP contribution in [-0.2, 0) is 12.7 Å². The minimum Gasteiger partial charge on any atom is -0.496 e. The van der Waals surface area contributed by atoms with E-state index in [2.05, 4.69) is 15.6 Å². The van der Waals surface area contributed by atoms with Crippen LogP contribution in [0.5, 0.6) is 11.5 Å². The van der Waals surface area contributed by atoms with Crippen molar-refractivity contribution < 1.29 is 27.8 Å². The summed E-state index contributed by atoms with van der Waals surface area (Å²) in [5, 5.41) is 16.2. The summed E-state index contributed by atoms with van der Waals surface area (Å²) in [6.45, 7) is 3.01. The van der Waals surface area contributed by atoms with E-state index in [0.29, 0.717) is 19.0 Å². The van der Waals surface area contributed by atoms with Gasteiger partial charge in [0.1, 0.15) is 24.2 Å². The molecule has 0 saturated carbocycles. The maximum atomic E-state index is 12.6. The Morgan fingerprint density at radius 3 is 2.43 bits per heavy atom. The van der Waals surface area contributed by atoms with Crippen LogP contribution >= 0.6 is 0 Å². The van der Waals surface area contributed by atoms with Gasteiger partial charge in [-0.3, -0.25) is 0 Å². The van der Waals surface area contributed by atoms with E-state index in [9.17, 15) is 18.3 Å². The number of guanidine groups is 1. The zero-order chi connectivity index (χ0) is 22.0. The summed E-state index contributed by atoms with van der Waals surface area (Å²) in [5.74, 6) is 1.50. The molecule has 0 aromatic heterocycles. The number of para-hydroxylation sites is 1. The Balaban J connectivity index is 1.85. The molecule has 6 nitrogen and oxygen atoms in total. The number of aliphatic hydroxyl groups is 1. The van der Waals surface area contributed by atoms with Gasteiger partial charge >= 0.3 is 6.18 Å². The smallest absolute Gasteiger partial charge is 0.416 e. The number of hydrogen-bond acceptors (Lipinski definition) is 4. The van der Waals surface area contributed by atoms with Crippen LogP contribution in [0, 0.1) is 0 Å². The van der Waals surface area contributed by atoms with Crippen molar-refractivity contribution in [3.63, 3.8) is 0 Å². The molecule has 0 aliphatic carbocycles. The summed E-state index contributed by atoms with van der Waals surface area (Å²) in [7, 11) is 1.60. The van der Waals surface area contributed by atoms with Crippen molar-refractivity contribution in [2.45, 2.75) is 25.7 Å². The molecule has 0 radical (unpaired) electrons. The second kappa shape index (κ2) is 11.3. The second-order valence-corrected chi connectivity index (χ2v) is 6.37. The standard InChI is InChI=1S/C21H26F3N3O3/c1-3-25-20(26-12-15-6-4-5-7-19(15)29-2)27-13-17(28)14-30-18-10-8-16(9-11-18)21(22,23)24/h4-11,17,28H,3,12-14H2,1-2H3,(H2,25,26,27). The van der Waals surface area contributed by atoms with E-state index in [1.54, 1.807) is 7.11 Å². The zero-order valence-corrected chi connectivity index (χ0v) is 16.9. The van der Waals surface area contributed by atoms with Crippen molar-refractivity contribution in [3.8, 4) is 11.5 Å². The number of alkyl halides is 3. The maximum absolute atomic E-state index is 12.6. The Hall–Kier alpha value is -2.94. The normalized spacial score (nSPS) is 12.9. The molecule has 0 aliphatic rings. The van der Waals surface area contributed by atoms with Gasteiger partial charge in [0.25, 0.3) is 0 Å². The molecule has 2 rings (SSSR count). The fourth-order valence-electron chi connectivity index (χ4n) is 2.55. The molecule has 0 fully saturated rings. The summed E-state index contributed by atoms with van der Waals surface area (Å²) in [6, 6.07) is 11.9. The molecule has 0 spiro atoms. The van der Waals surface area contributed by atoms with Crippen molar-refractivity contribution >= 4 is 5.96 Å². The number of ether oxygens (including phenoxy) is 2. The van der Waals surface area contributed by atoms with E-state index in [0.717, 1.165) is 23.4 Å². The molecule has 3 N–H and O–H groups in total. The average Bonchev–Trinajstić information content (AvgIpc) is 2.74. The Labute approximate surface area is 173 Å². The highest BCUT2D eigenvalue weighted by molar-refractivity contribution is 5.79. The molecule has 0 saturated heterocycles. The van der Waals surface area contributed by atoms with Crippen molar-refractivity contribution in [2.75, 3.05) is 26.8 Å². The average molecular weight is 425 g/mol. The molecule has 164 valence electrons. The highest BCUT2D eigenvalue weighted by Gasteiger charge is 2.30. The number of halogens is 3. The van der Waals surface area contributed by atoms with E-state index >= 15 is 0 Å². The van der Waals surface area contributed by atoms with Gasteiger partial charge in [0.2, 0.25) is 0 Å². The quantitative estimate of drug-likeness (QED) is 0.425. The number of nitrogens with zero attached hydrogens (tertiary/aromatic N) is 1. The van der Waals surface area contributed by atoms with Crippen molar-refractivity contribution in [1.29, 1.82) is 0 Å². The Bertz CT molecular complexity index is 811. The van der Waals surface area contributed by atoms with Gasteiger partial charge in [0.05, 0.1) is 19.2 Å². The van der Waals surface area contributed by atoms with Gasteiger partial charge in [-0.2, -0.15) is 13.2 Å². The van der Waals surface area contributed by atoms with Crippen LogP contribution < -0.4 is 20.1 Å².